The number of hydrogen-bond acceptors (Lipinski definition) is 3. The minimum absolute atomic E-state index is 0.305. The molecule has 0 radical (unpaired) electrons. The van der Waals surface area contributed by atoms with Crippen molar-refractivity contribution in [3.63, 3.8) is 0 Å². The first-order chi connectivity index (χ1) is 9.43. The lowest BCUT2D eigenvalue weighted by molar-refractivity contribution is 0.292. The standard InChI is InChI=1S/C15H23Cl2N3/c1-4-7-18-13-11(16)9-12(17)14(19-13)20-8-5-6-15(2,3)10-20/h9H,4-8,10H2,1-3H3,(H,18,19). The van der Waals surface area contributed by atoms with Gasteiger partial charge in [0.05, 0.1) is 10.0 Å². The maximum atomic E-state index is 6.35. The molecular formula is C15H23Cl2N3. The second kappa shape index (κ2) is 6.40. The Morgan fingerprint density at radius 3 is 2.75 bits per heavy atom. The summed E-state index contributed by atoms with van der Waals surface area (Å²) >= 11 is 12.5. The fourth-order valence-electron chi connectivity index (χ4n) is 2.65. The zero-order valence-corrected chi connectivity index (χ0v) is 14.0. The summed E-state index contributed by atoms with van der Waals surface area (Å²) in [6, 6.07) is 1.80. The van der Waals surface area contributed by atoms with E-state index in [4.69, 9.17) is 23.2 Å². The summed E-state index contributed by atoms with van der Waals surface area (Å²) in [4.78, 5) is 6.93. The molecule has 5 heteroatoms. The maximum Gasteiger partial charge on any atom is 0.149 e. The highest BCUT2D eigenvalue weighted by atomic mass is 35.5. The molecule has 2 heterocycles. The SMILES string of the molecule is CCCNc1nc(N2CCCC(C)(C)C2)c(Cl)cc1Cl. The van der Waals surface area contributed by atoms with Crippen molar-refractivity contribution in [3.05, 3.63) is 16.1 Å². The number of piperidine rings is 1. The number of nitrogens with zero attached hydrogens (tertiary/aromatic N) is 2. The Labute approximate surface area is 131 Å². The molecule has 0 unspecified atom stereocenters. The molecule has 0 spiro atoms. The van der Waals surface area contributed by atoms with Crippen LogP contribution >= 0.6 is 23.2 Å². The highest BCUT2D eigenvalue weighted by Gasteiger charge is 2.28. The zero-order valence-electron chi connectivity index (χ0n) is 12.5. The fraction of sp³-hybridized carbons (Fsp3) is 0.667. The van der Waals surface area contributed by atoms with Gasteiger partial charge in [-0.15, -0.1) is 0 Å². The van der Waals surface area contributed by atoms with E-state index in [1.54, 1.807) is 6.07 Å². The summed E-state index contributed by atoms with van der Waals surface area (Å²) in [5.74, 6) is 1.58. The largest absolute Gasteiger partial charge is 0.369 e. The third-order valence-corrected chi connectivity index (χ3v) is 4.22. The summed E-state index contributed by atoms with van der Waals surface area (Å²) < 4.78 is 0. The molecule has 1 saturated heterocycles. The van der Waals surface area contributed by atoms with Crippen molar-refractivity contribution in [1.82, 2.24) is 4.98 Å². The Morgan fingerprint density at radius 2 is 2.10 bits per heavy atom. The number of nitrogens with one attached hydrogen (secondary N) is 1. The van der Waals surface area contributed by atoms with Crippen molar-refractivity contribution in [2.45, 2.75) is 40.0 Å². The lowest BCUT2D eigenvalue weighted by Gasteiger charge is -2.39. The van der Waals surface area contributed by atoms with Gasteiger partial charge in [0, 0.05) is 19.6 Å². The zero-order chi connectivity index (χ0) is 14.8. The molecule has 1 aliphatic heterocycles. The van der Waals surface area contributed by atoms with E-state index >= 15 is 0 Å². The normalized spacial score (nSPS) is 18.1. The molecule has 0 aromatic carbocycles. The third kappa shape index (κ3) is 3.70. The molecule has 0 amide bonds. The van der Waals surface area contributed by atoms with Crippen LogP contribution in [-0.4, -0.2) is 24.6 Å². The van der Waals surface area contributed by atoms with E-state index in [9.17, 15) is 0 Å². The predicted molar refractivity (Wildman–Crippen MR) is 88.3 cm³/mol. The van der Waals surface area contributed by atoms with Gasteiger partial charge in [0.15, 0.2) is 0 Å². The van der Waals surface area contributed by atoms with Gasteiger partial charge in [0.25, 0.3) is 0 Å². The van der Waals surface area contributed by atoms with Crippen LogP contribution in [0, 0.1) is 5.41 Å². The Hall–Kier alpha value is -0.670. The van der Waals surface area contributed by atoms with Gasteiger partial charge in [-0.3, -0.25) is 0 Å². The van der Waals surface area contributed by atoms with Crippen molar-refractivity contribution in [2.24, 2.45) is 5.41 Å². The van der Waals surface area contributed by atoms with Gasteiger partial charge in [0.2, 0.25) is 0 Å². The summed E-state index contributed by atoms with van der Waals surface area (Å²) in [7, 11) is 0. The lowest BCUT2D eigenvalue weighted by atomic mass is 9.84. The smallest absolute Gasteiger partial charge is 0.149 e. The van der Waals surface area contributed by atoms with Gasteiger partial charge in [-0.25, -0.2) is 4.98 Å². The van der Waals surface area contributed by atoms with Crippen molar-refractivity contribution >= 4 is 34.8 Å². The molecule has 0 bridgehead atoms. The van der Waals surface area contributed by atoms with Gasteiger partial charge >= 0.3 is 0 Å². The van der Waals surface area contributed by atoms with Crippen LogP contribution < -0.4 is 10.2 Å². The molecule has 1 aliphatic rings. The quantitative estimate of drug-likeness (QED) is 0.862. The molecule has 1 N–H and O–H groups in total. The first kappa shape index (κ1) is 15.7. The minimum atomic E-state index is 0.305. The maximum absolute atomic E-state index is 6.35. The number of hydrogen-bond donors (Lipinski definition) is 1. The van der Waals surface area contributed by atoms with E-state index in [-0.39, 0.29) is 0 Å². The average molecular weight is 316 g/mol. The van der Waals surface area contributed by atoms with Crippen molar-refractivity contribution < 1.29 is 0 Å². The van der Waals surface area contributed by atoms with Crippen LogP contribution in [-0.2, 0) is 0 Å². The monoisotopic (exact) mass is 315 g/mol. The fourth-order valence-corrected chi connectivity index (χ4v) is 3.19. The number of aromatic nitrogens is 1. The van der Waals surface area contributed by atoms with E-state index in [2.05, 4.69) is 36.0 Å². The van der Waals surface area contributed by atoms with Crippen LogP contribution in [0.4, 0.5) is 11.6 Å². The van der Waals surface area contributed by atoms with Crippen molar-refractivity contribution in [1.29, 1.82) is 0 Å². The Balaban J connectivity index is 2.26. The predicted octanol–water partition coefficient (Wildman–Crippen LogP) is 4.84. The summed E-state index contributed by atoms with van der Waals surface area (Å²) in [5.41, 5.74) is 0.305. The highest BCUT2D eigenvalue weighted by Crippen LogP contribution is 2.36. The molecule has 112 valence electrons. The van der Waals surface area contributed by atoms with E-state index in [0.717, 1.165) is 37.7 Å². The van der Waals surface area contributed by atoms with E-state index in [1.807, 2.05) is 0 Å². The van der Waals surface area contributed by atoms with Crippen LogP contribution in [0.15, 0.2) is 6.07 Å². The van der Waals surface area contributed by atoms with Crippen LogP contribution in [0.1, 0.15) is 40.0 Å². The van der Waals surface area contributed by atoms with Gasteiger partial charge < -0.3 is 10.2 Å². The Morgan fingerprint density at radius 1 is 1.35 bits per heavy atom. The molecule has 20 heavy (non-hydrogen) atoms. The summed E-state index contributed by atoms with van der Waals surface area (Å²) in [5, 5.41) is 4.48. The van der Waals surface area contributed by atoms with E-state index in [0.29, 0.717) is 15.5 Å². The molecule has 1 fully saturated rings. The van der Waals surface area contributed by atoms with Crippen molar-refractivity contribution in [3.8, 4) is 0 Å². The number of pyridine rings is 1. The number of halogens is 2. The molecule has 1 aromatic rings. The van der Waals surface area contributed by atoms with Crippen molar-refractivity contribution in [2.75, 3.05) is 29.9 Å². The number of anilines is 2. The molecule has 0 saturated carbocycles. The van der Waals surface area contributed by atoms with Gasteiger partial charge in [-0.2, -0.15) is 0 Å². The van der Waals surface area contributed by atoms with Crippen LogP contribution in [0.2, 0.25) is 10.0 Å². The first-order valence-corrected chi connectivity index (χ1v) is 8.03. The second-order valence-corrected chi connectivity index (χ2v) is 7.05. The van der Waals surface area contributed by atoms with Gasteiger partial charge in [0.1, 0.15) is 11.6 Å². The average Bonchev–Trinajstić information content (AvgIpc) is 2.36. The third-order valence-electron chi connectivity index (χ3n) is 3.65. The summed E-state index contributed by atoms with van der Waals surface area (Å²) in [6.07, 6.45) is 3.45. The van der Waals surface area contributed by atoms with E-state index < -0.39 is 0 Å². The molecule has 2 rings (SSSR count). The van der Waals surface area contributed by atoms with E-state index in [1.165, 1.54) is 12.8 Å². The second-order valence-electron chi connectivity index (χ2n) is 6.24. The Kier molecular flexibility index (Phi) is 5.03. The highest BCUT2D eigenvalue weighted by molar-refractivity contribution is 6.37. The molecule has 1 aromatic heterocycles. The van der Waals surface area contributed by atoms with Crippen LogP contribution in [0.25, 0.3) is 0 Å². The molecular weight excluding hydrogens is 293 g/mol. The first-order valence-electron chi connectivity index (χ1n) is 7.28. The van der Waals surface area contributed by atoms with Gasteiger partial charge in [-0.05, 0) is 30.7 Å². The molecule has 0 atom stereocenters. The molecule has 0 aliphatic carbocycles. The van der Waals surface area contributed by atoms with Crippen LogP contribution in [0.5, 0.6) is 0 Å². The number of rotatable bonds is 4. The van der Waals surface area contributed by atoms with Gasteiger partial charge in [-0.1, -0.05) is 44.0 Å². The molecule has 3 nitrogen and oxygen atoms in total. The summed E-state index contributed by atoms with van der Waals surface area (Å²) in [6.45, 7) is 9.54. The minimum Gasteiger partial charge on any atom is -0.369 e. The lowest BCUT2D eigenvalue weighted by Crippen LogP contribution is -2.40. The topological polar surface area (TPSA) is 28.2 Å². The Bertz CT molecular complexity index is 474. The van der Waals surface area contributed by atoms with Crippen LogP contribution in [0.3, 0.4) is 0 Å².